The summed E-state index contributed by atoms with van der Waals surface area (Å²) in [5.74, 6) is 2.85. The zero-order valence-electron chi connectivity index (χ0n) is 11.3. The van der Waals surface area contributed by atoms with Crippen molar-refractivity contribution in [2.75, 3.05) is 0 Å². The third-order valence-electron chi connectivity index (χ3n) is 2.03. The minimum atomic E-state index is -1.32. The van der Waals surface area contributed by atoms with E-state index in [9.17, 15) is 4.79 Å². The van der Waals surface area contributed by atoms with Crippen LogP contribution in [0.5, 0.6) is 0 Å². The van der Waals surface area contributed by atoms with Crippen LogP contribution in [0.3, 0.4) is 0 Å². The molecule has 0 fully saturated rings. The van der Waals surface area contributed by atoms with Crippen LogP contribution in [0.4, 0.5) is 0 Å². The third kappa shape index (κ3) is 6.23. The zero-order valence-corrected chi connectivity index (χ0v) is 12.3. The van der Waals surface area contributed by atoms with E-state index in [-0.39, 0.29) is 5.97 Å². The zero-order chi connectivity index (χ0) is 13.6. The van der Waals surface area contributed by atoms with E-state index in [4.69, 9.17) is 0 Å². The van der Waals surface area contributed by atoms with E-state index in [0.717, 1.165) is 11.1 Å². The Balaban J connectivity index is 2.57. The average molecular weight is 261 g/mol. The van der Waals surface area contributed by atoms with Crippen molar-refractivity contribution in [1.29, 1.82) is 0 Å². The number of carbonyl (C=O) groups is 1. The minimum Gasteiger partial charge on any atom is -0.371 e. The van der Waals surface area contributed by atoms with Gasteiger partial charge in [-0.1, -0.05) is 37.7 Å². The lowest BCUT2D eigenvalue weighted by molar-refractivity contribution is -0.148. The molecule has 0 heterocycles. The van der Waals surface area contributed by atoms with Crippen LogP contribution in [-0.2, 0) is 16.2 Å². The number of rotatable bonds is 3. The van der Waals surface area contributed by atoms with Crippen LogP contribution in [0.15, 0.2) is 24.3 Å². The van der Waals surface area contributed by atoms with Crippen LogP contribution in [-0.4, -0.2) is 14.0 Å². The quantitative estimate of drug-likeness (QED) is 0.516. The number of hydrogen-bond donors (Lipinski definition) is 1. The molecule has 0 saturated heterocycles. The number of hydrogen-bond acceptors (Lipinski definition) is 3. The maximum atomic E-state index is 10.6. The van der Waals surface area contributed by atoms with Crippen LogP contribution in [0, 0.1) is 11.5 Å². The van der Waals surface area contributed by atoms with Crippen molar-refractivity contribution in [2.45, 2.75) is 33.1 Å². The Hall–Kier alpha value is -1.57. The van der Waals surface area contributed by atoms with E-state index < -0.39 is 8.07 Å². The van der Waals surface area contributed by atoms with Gasteiger partial charge in [-0.05, 0) is 17.7 Å². The maximum Gasteiger partial charge on any atom is 0.321 e. The van der Waals surface area contributed by atoms with Gasteiger partial charge in [0.25, 0.3) is 0 Å². The summed E-state index contributed by atoms with van der Waals surface area (Å²) in [5, 5.41) is 0. The molecular formula is C14H19NO2Si. The Morgan fingerprint density at radius 2 is 1.89 bits per heavy atom. The van der Waals surface area contributed by atoms with Gasteiger partial charge in [-0.2, -0.15) is 0 Å². The van der Waals surface area contributed by atoms with E-state index in [1.54, 1.807) is 0 Å². The predicted molar refractivity (Wildman–Crippen MR) is 75.3 cm³/mol. The molecule has 0 aromatic heterocycles. The molecule has 0 saturated carbocycles. The van der Waals surface area contributed by atoms with E-state index in [2.05, 4.69) is 41.4 Å². The van der Waals surface area contributed by atoms with Gasteiger partial charge in [0.05, 0.1) is 6.54 Å². The van der Waals surface area contributed by atoms with Gasteiger partial charge in [0.1, 0.15) is 8.07 Å². The molecule has 4 heteroatoms. The molecule has 0 aliphatic carbocycles. The van der Waals surface area contributed by atoms with Crippen molar-refractivity contribution < 1.29 is 9.63 Å². The molecule has 0 unspecified atom stereocenters. The first-order valence-electron chi connectivity index (χ1n) is 5.89. The first-order chi connectivity index (χ1) is 8.37. The lowest BCUT2D eigenvalue weighted by Crippen LogP contribution is -2.17. The Bertz CT molecular complexity index is 463. The minimum absolute atomic E-state index is 0.340. The third-order valence-corrected chi connectivity index (χ3v) is 2.90. The summed E-state index contributed by atoms with van der Waals surface area (Å²) >= 11 is 0. The fourth-order valence-electron chi connectivity index (χ4n) is 1.19. The molecule has 18 heavy (non-hydrogen) atoms. The summed E-state index contributed by atoms with van der Waals surface area (Å²) in [4.78, 5) is 15.2. The SMILES string of the molecule is CC(=O)ONCc1ccc(C#C[Si](C)(C)C)cc1. The van der Waals surface area contributed by atoms with Crippen molar-refractivity contribution in [1.82, 2.24) is 5.48 Å². The maximum absolute atomic E-state index is 10.6. The monoisotopic (exact) mass is 261 g/mol. The summed E-state index contributed by atoms with van der Waals surface area (Å²) < 4.78 is 0. The fourth-order valence-corrected chi connectivity index (χ4v) is 1.71. The highest BCUT2D eigenvalue weighted by atomic mass is 28.3. The summed E-state index contributed by atoms with van der Waals surface area (Å²) in [6, 6.07) is 7.92. The molecular weight excluding hydrogens is 242 g/mol. The smallest absolute Gasteiger partial charge is 0.321 e. The number of carbonyl (C=O) groups excluding carboxylic acids is 1. The van der Waals surface area contributed by atoms with Crippen molar-refractivity contribution in [3.63, 3.8) is 0 Å². The second-order valence-electron chi connectivity index (χ2n) is 5.11. The van der Waals surface area contributed by atoms with Crippen molar-refractivity contribution in [3.8, 4) is 11.5 Å². The topological polar surface area (TPSA) is 38.3 Å². The Labute approximate surface area is 110 Å². The molecule has 3 nitrogen and oxygen atoms in total. The Kier molecular flexibility index (Phi) is 5.14. The first kappa shape index (κ1) is 14.5. The normalized spacial score (nSPS) is 10.4. The molecule has 0 bridgehead atoms. The molecule has 1 aromatic rings. The molecule has 1 rings (SSSR count). The lowest BCUT2D eigenvalue weighted by Gasteiger charge is -2.04. The Morgan fingerprint density at radius 1 is 1.28 bits per heavy atom. The predicted octanol–water partition coefficient (Wildman–Crippen LogP) is 2.48. The van der Waals surface area contributed by atoms with Crippen LogP contribution < -0.4 is 5.48 Å². The van der Waals surface area contributed by atoms with Gasteiger partial charge >= 0.3 is 5.97 Å². The second-order valence-corrected chi connectivity index (χ2v) is 9.86. The highest BCUT2D eigenvalue weighted by Gasteiger charge is 2.07. The number of nitrogens with one attached hydrogen (secondary N) is 1. The highest BCUT2D eigenvalue weighted by Crippen LogP contribution is 2.04. The summed E-state index contributed by atoms with van der Waals surface area (Å²) in [7, 11) is -1.32. The molecule has 0 aliphatic rings. The molecule has 0 spiro atoms. The molecule has 0 atom stereocenters. The average Bonchev–Trinajstić information content (AvgIpc) is 2.26. The van der Waals surface area contributed by atoms with Gasteiger partial charge in [0, 0.05) is 12.5 Å². The van der Waals surface area contributed by atoms with Crippen molar-refractivity contribution in [3.05, 3.63) is 35.4 Å². The van der Waals surface area contributed by atoms with Crippen molar-refractivity contribution in [2.24, 2.45) is 0 Å². The molecule has 1 N–H and O–H groups in total. The van der Waals surface area contributed by atoms with E-state index in [0.29, 0.717) is 6.54 Å². The second kappa shape index (κ2) is 6.38. The van der Waals surface area contributed by atoms with Crippen LogP contribution in [0.25, 0.3) is 0 Å². The number of hydroxylamine groups is 1. The summed E-state index contributed by atoms with van der Waals surface area (Å²) in [6.07, 6.45) is 0. The largest absolute Gasteiger partial charge is 0.371 e. The van der Waals surface area contributed by atoms with E-state index in [1.807, 2.05) is 24.3 Å². The van der Waals surface area contributed by atoms with Crippen molar-refractivity contribution >= 4 is 14.0 Å². The highest BCUT2D eigenvalue weighted by molar-refractivity contribution is 6.83. The molecule has 1 aromatic carbocycles. The lowest BCUT2D eigenvalue weighted by atomic mass is 10.1. The van der Waals surface area contributed by atoms with Gasteiger partial charge in [-0.25, -0.2) is 0 Å². The van der Waals surface area contributed by atoms with Crippen LogP contribution in [0.2, 0.25) is 19.6 Å². The molecule has 0 radical (unpaired) electrons. The first-order valence-corrected chi connectivity index (χ1v) is 9.39. The summed E-state index contributed by atoms with van der Waals surface area (Å²) in [5.41, 5.74) is 7.99. The van der Waals surface area contributed by atoms with Crippen LogP contribution >= 0.6 is 0 Å². The van der Waals surface area contributed by atoms with E-state index >= 15 is 0 Å². The fraction of sp³-hybridized carbons (Fsp3) is 0.357. The van der Waals surface area contributed by atoms with Gasteiger partial charge in [-0.15, -0.1) is 11.0 Å². The number of benzene rings is 1. The molecule has 96 valence electrons. The van der Waals surface area contributed by atoms with Gasteiger partial charge < -0.3 is 4.84 Å². The van der Waals surface area contributed by atoms with E-state index in [1.165, 1.54) is 6.92 Å². The Morgan fingerprint density at radius 3 is 2.39 bits per heavy atom. The van der Waals surface area contributed by atoms with Crippen LogP contribution in [0.1, 0.15) is 18.1 Å². The van der Waals surface area contributed by atoms with Gasteiger partial charge in [0.15, 0.2) is 0 Å². The molecule has 0 aliphatic heterocycles. The van der Waals surface area contributed by atoms with Gasteiger partial charge in [-0.3, -0.25) is 4.79 Å². The van der Waals surface area contributed by atoms with Gasteiger partial charge in [0.2, 0.25) is 0 Å². The standard InChI is InChI=1S/C14H19NO2Si/c1-12(16)17-15-11-14-7-5-13(6-8-14)9-10-18(2,3)4/h5-8,15H,11H2,1-4H3. The molecule has 0 amide bonds. The summed E-state index contributed by atoms with van der Waals surface area (Å²) in [6.45, 7) is 8.52.